The Balaban J connectivity index is 3.80. The van der Waals surface area contributed by atoms with Crippen molar-refractivity contribution in [2.45, 2.75) is 39.5 Å². The van der Waals surface area contributed by atoms with Crippen molar-refractivity contribution >= 4 is 0 Å². The lowest BCUT2D eigenvalue weighted by atomic mass is 10.4. The highest BCUT2D eigenvalue weighted by Crippen LogP contribution is 1.98. The highest BCUT2D eigenvalue weighted by Gasteiger charge is 2.15. The maximum absolute atomic E-state index is 9.14. The number of hydrogen-bond acceptors (Lipinski definition) is 5. The van der Waals surface area contributed by atoms with E-state index < -0.39 is 18.7 Å². The van der Waals surface area contributed by atoms with Crippen LogP contribution in [0.25, 0.3) is 0 Å². The number of aliphatic hydroxyl groups excluding tert-OH is 3. The zero-order valence-electron chi connectivity index (χ0n) is 7.73. The predicted molar refractivity (Wildman–Crippen MR) is 44.9 cm³/mol. The van der Waals surface area contributed by atoms with Crippen LogP contribution in [0.1, 0.15) is 20.8 Å². The van der Waals surface area contributed by atoms with Gasteiger partial charge in [0.2, 0.25) is 0 Å². The number of hydrogen-bond donors (Lipinski definition) is 4. The smallest absolute Gasteiger partial charge is 0.107 e. The van der Waals surface area contributed by atoms with E-state index in [1.54, 1.807) is 20.8 Å². The largest absolute Gasteiger partial charge is 0.379 e. The molecule has 0 radical (unpaired) electrons. The van der Waals surface area contributed by atoms with Crippen LogP contribution in [-0.4, -0.2) is 45.6 Å². The quantitative estimate of drug-likeness (QED) is 0.400. The van der Waals surface area contributed by atoms with Gasteiger partial charge < -0.3 is 15.3 Å². The molecule has 4 N–H and O–H groups in total. The van der Waals surface area contributed by atoms with Crippen LogP contribution in [0.5, 0.6) is 0 Å². The van der Waals surface area contributed by atoms with Gasteiger partial charge in [0.25, 0.3) is 0 Å². The van der Waals surface area contributed by atoms with Gasteiger partial charge in [0.15, 0.2) is 0 Å². The molecule has 0 bridgehead atoms. The van der Waals surface area contributed by atoms with Crippen molar-refractivity contribution in [2.24, 2.45) is 0 Å². The summed E-state index contributed by atoms with van der Waals surface area (Å²) in [4.78, 5) is 1.40. The van der Waals surface area contributed by atoms with E-state index in [0.29, 0.717) is 0 Å². The summed E-state index contributed by atoms with van der Waals surface area (Å²) >= 11 is 0. The van der Waals surface area contributed by atoms with Gasteiger partial charge in [-0.2, -0.15) is 0 Å². The summed E-state index contributed by atoms with van der Waals surface area (Å²) in [5.74, 6) is 0. The van der Waals surface area contributed by atoms with Gasteiger partial charge in [0.05, 0.1) is 6.67 Å². The van der Waals surface area contributed by atoms with Gasteiger partial charge in [0.1, 0.15) is 18.7 Å². The molecule has 0 aliphatic carbocycles. The van der Waals surface area contributed by atoms with E-state index in [9.17, 15) is 0 Å². The van der Waals surface area contributed by atoms with Gasteiger partial charge in [0, 0.05) is 0 Å². The van der Waals surface area contributed by atoms with Gasteiger partial charge in [-0.3, -0.25) is 5.32 Å². The van der Waals surface area contributed by atoms with Crippen molar-refractivity contribution in [2.75, 3.05) is 6.67 Å². The Kier molecular flexibility index (Phi) is 5.36. The average molecular weight is 178 g/mol. The van der Waals surface area contributed by atoms with Crippen molar-refractivity contribution in [1.29, 1.82) is 0 Å². The number of nitrogens with zero attached hydrogens (tertiary/aromatic N) is 1. The molecule has 5 heteroatoms. The predicted octanol–water partition coefficient (Wildman–Crippen LogP) is -1.15. The normalized spacial score (nSPS) is 19.2. The number of nitrogens with one attached hydrogen (secondary N) is 1. The molecule has 0 rings (SSSR count). The molecule has 0 spiro atoms. The highest BCUT2D eigenvalue weighted by molar-refractivity contribution is 4.57. The van der Waals surface area contributed by atoms with E-state index in [4.69, 9.17) is 15.3 Å². The molecule has 0 amide bonds. The van der Waals surface area contributed by atoms with Crippen LogP contribution in [0.3, 0.4) is 0 Å². The van der Waals surface area contributed by atoms with Crippen molar-refractivity contribution in [3.05, 3.63) is 0 Å². The van der Waals surface area contributed by atoms with Crippen LogP contribution < -0.4 is 5.32 Å². The minimum absolute atomic E-state index is 0.243. The molecule has 12 heavy (non-hydrogen) atoms. The summed E-state index contributed by atoms with van der Waals surface area (Å²) in [5, 5.41) is 29.8. The fourth-order valence-electron chi connectivity index (χ4n) is 0.814. The fraction of sp³-hybridized carbons (Fsp3) is 1.00. The van der Waals surface area contributed by atoms with Crippen LogP contribution in [-0.2, 0) is 0 Å². The Bertz CT molecular complexity index is 109. The first-order valence-corrected chi connectivity index (χ1v) is 3.98. The second-order valence-electron chi connectivity index (χ2n) is 2.82. The van der Waals surface area contributed by atoms with Crippen LogP contribution >= 0.6 is 0 Å². The second-order valence-corrected chi connectivity index (χ2v) is 2.82. The maximum Gasteiger partial charge on any atom is 0.107 e. The van der Waals surface area contributed by atoms with E-state index in [1.165, 1.54) is 4.90 Å². The molecule has 3 unspecified atom stereocenters. The van der Waals surface area contributed by atoms with Crippen LogP contribution in [0.4, 0.5) is 0 Å². The topological polar surface area (TPSA) is 76.0 Å². The van der Waals surface area contributed by atoms with Crippen molar-refractivity contribution in [1.82, 2.24) is 10.2 Å². The molecular formula is C7H18N2O3. The van der Waals surface area contributed by atoms with Gasteiger partial charge in [-0.05, 0) is 20.8 Å². The molecule has 74 valence electrons. The minimum atomic E-state index is -0.740. The van der Waals surface area contributed by atoms with E-state index >= 15 is 0 Å². The molecule has 0 fully saturated rings. The Labute approximate surface area is 72.6 Å². The highest BCUT2D eigenvalue weighted by atomic mass is 16.3. The minimum Gasteiger partial charge on any atom is -0.379 e. The van der Waals surface area contributed by atoms with Crippen LogP contribution in [0.15, 0.2) is 0 Å². The second kappa shape index (κ2) is 5.45. The van der Waals surface area contributed by atoms with Crippen molar-refractivity contribution in [3.8, 4) is 0 Å². The summed E-state index contributed by atoms with van der Waals surface area (Å²) in [6.45, 7) is 4.92. The van der Waals surface area contributed by atoms with Crippen molar-refractivity contribution in [3.63, 3.8) is 0 Å². The standard InChI is InChI=1S/C7H18N2O3/c1-5(10)8-4-9(6(2)11)7(3)12/h5-8,10-12H,4H2,1-3H3. The maximum atomic E-state index is 9.14. The Hall–Kier alpha value is -0.200. The van der Waals surface area contributed by atoms with E-state index in [0.717, 1.165) is 0 Å². The molecule has 0 aromatic carbocycles. The summed E-state index contributed by atoms with van der Waals surface area (Å²) in [7, 11) is 0. The van der Waals surface area contributed by atoms with Gasteiger partial charge >= 0.3 is 0 Å². The molecule has 0 aromatic rings. The van der Waals surface area contributed by atoms with Gasteiger partial charge in [-0.15, -0.1) is 0 Å². The summed E-state index contributed by atoms with van der Waals surface area (Å²) in [6.07, 6.45) is -2.13. The first kappa shape index (κ1) is 11.8. The van der Waals surface area contributed by atoms with E-state index in [-0.39, 0.29) is 6.67 Å². The van der Waals surface area contributed by atoms with Crippen LogP contribution in [0, 0.1) is 0 Å². The summed E-state index contributed by atoms with van der Waals surface area (Å²) < 4.78 is 0. The Morgan fingerprint density at radius 1 is 1.08 bits per heavy atom. The number of rotatable bonds is 5. The summed E-state index contributed by atoms with van der Waals surface area (Å²) in [6, 6.07) is 0. The third kappa shape index (κ3) is 4.63. The lowest BCUT2D eigenvalue weighted by molar-refractivity contribution is -0.0935. The SMILES string of the molecule is CC(O)NCN(C(C)O)C(C)O. The third-order valence-corrected chi connectivity index (χ3v) is 1.53. The molecule has 0 aliphatic rings. The Morgan fingerprint density at radius 2 is 1.50 bits per heavy atom. The van der Waals surface area contributed by atoms with Gasteiger partial charge in [-0.25, -0.2) is 4.90 Å². The molecule has 3 atom stereocenters. The Morgan fingerprint density at radius 3 is 1.75 bits per heavy atom. The van der Waals surface area contributed by atoms with Gasteiger partial charge in [-0.1, -0.05) is 0 Å². The number of aliphatic hydroxyl groups is 3. The molecule has 0 saturated carbocycles. The van der Waals surface area contributed by atoms with Crippen LogP contribution in [0.2, 0.25) is 0 Å². The molecule has 5 nitrogen and oxygen atoms in total. The molecule has 0 aromatic heterocycles. The third-order valence-electron chi connectivity index (χ3n) is 1.53. The molecule has 0 saturated heterocycles. The molecule has 0 aliphatic heterocycles. The monoisotopic (exact) mass is 178 g/mol. The first-order valence-electron chi connectivity index (χ1n) is 3.98. The molecular weight excluding hydrogens is 160 g/mol. The van der Waals surface area contributed by atoms with E-state index in [2.05, 4.69) is 5.32 Å². The zero-order chi connectivity index (χ0) is 9.72. The summed E-state index contributed by atoms with van der Waals surface area (Å²) in [5.41, 5.74) is 0. The molecule has 0 heterocycles. The average Bonchev–Trinajstić information content (AvgIpc) is 1.84. The van der Waals surface area contributed by atoms with E-state index in [1.807, 2.05) is 0 Å². The fourth-order valence-corrected chi connectivity index (χ4v) is 0.814. The first-order chi connectivity index (χ1) is 5.45. The zero-order valence-corrected chi connectivity index (χ0v) is 7.73. The lowest BCUT2D eigenvalue weighted by Crippen LogP contribution is -2.47. The lowest BCUT2D eigenvalue weighted by Gasteiger charge is -2.28. The van der Waals surface area contributed by atoms with Crippen molar-refractivity contribution < 1.29 is 15.3 Å².